The molecule has 1 aromatic rings. The van der Waals surface area contributed by atoms with Gasteiger partial charge in [0.2, 0.25) is 5.91 Å². The van der Waals surface area contributed by atoms with Crippen molar-refractivity contribution in [3.05, 3.63) is 30.3 Å². The van der Waals surface area contributed by atoms with E-state index in [1.807, 2.05) is 18.2 Å². The lowest BCUT2D eigenvalue weighted by atomic mass is 10.2. The molecular formula is C14H19NO2S. The number of thioether (sulfide) groups is 1. The zero-order valence-electron chi connectivity index (χ0n) is 10.5. The van der Waals surface area contributed by atoms with E-state index in [-0.39, 0.29) is 5.91 Å². The number of nitrogens with zero attached hydrogens (tertiary/aromatic N) is 1. The van der Waals surface area contributed by atoms with Gasteiger partial charge >= 0.3 is 0 Å². The van der Waals surface area contributed by atoms with Gasteiger partial charge in [-0.3, -0.25) is 9.63 Å². The molecule has 0 spiro atoms. The average Bonchev–Trinajstić information content (AvgIpc) is 2.45. The number of amides is 1. The molecule has 0 atom stereocenters. The molecule has 3 nitrogen and oxygen atoms in total. The lowest BCUT2D eigenvalue weighted by Crippen LogP contribution is -2.35. The van der Waals surface area contributed by atoms with E-state index >= 15 is 0 Å². The highest BCUT2D eigenvalue weighted by molar-refractivity contribution is 7.99. The largest absolute Gasteiger partial charge is 0.273 e. The highest BCUT2D eigenvalue weighted by atomic mass is 32.2. The van der Waals surface area contributed by atoms with Crippen LogP contribution in [-0.2, 0) is 9.63 Å². The Bertz CT molecular complexity index is 363. The lowest BCUT2D eigenvalue weighted by molar-refractivity contribution is -0.197. The SMILES string of the molecule is O=C(CCCSc1ccccc1)N1CCCCO1. The van der Waals surface area contributed by atoms with E-state index in [1.54, 1.807) is 11.8 Å². The summed E-state index contributed by atoms with van der Waals surface area (Å²) in [6.07, 6.45) is 3.61. The normalized spacial score (nSPS) is 15.7. The first-order chi connectivity index (χ1) is 8.86. The summed E-state index contributed by atoms with van der Waals surface area (Å²) >= 11 is 1.80. The van der Waals surface area contributed by atoms with Crippen LogP contribution < -0.4 is 0 Å². The molecule has 0 aliphatic carbocycles. The van der Waals surface area contributed by atoms with Crippen molar-refractivity contribution in [3.8, 4) is 0 Å². The maximum atomic E-state index is 11.8. The number of carbonyl (C=O) groups is 1. The molecule has 1 heterocycles. The predicted molar refractivity (Wildman–Crippen MR) is 73.3 cm³/mol. The van der Waals surface area contributed by atoms with Gasteiger partial charge in [-0.15, -0.1) is 11.8 Å². The van der Waals surface area contributed by atoms with Gasteiger partial charge in [-0.1, -0.05) is 18.2 Å². The Morgan fingerprint density at radius 3 is 2.83 bits per heavy atom. The highest BCUT2D eigenvalue weighted by Crippen LogP contribution is 2.19. The van der Waals surface area contributed by atoms with Crippen molar-refractivity contribution in [1.29, 1.82) is 0 Å². The molecule has 0 radical (unpaired) electrons. The number of hydroxylamine groups is 2. The number of hydrogen-bond acceptors (Lipinski definition) is 3. The smallest absolute Gasteiger partial charge is 0.246 e. The Labute approximate surface area is 112 Å². The van der Waals surface area contributed by atoms with Gasteiger partial charge in [0.25, 0.3) is 0 Å². The molecule has 98 valence electrons. The van der Waals surface area contributed by atoms with Gasteiger partial charge in [0, 0.05) is 17.9 Å². The average molecular weight is 265 g/mol. The van der Waals surface area contributed by atoms with E-state index in [1.165, 1.54) is 9.96 Å². The van der Waals surface area contributed by atoms with Crippen molar-refractivity contribution >= 4 is 17.7 Å². The van der Waals surface area contributed by atoms with E-state index in [0.29, 0.717) is 13.0 Å². The number of benzene rings is 1. The maximum Gasteiger partial charge on any atom is 0.246 e. The molecule has 1 aromatic carbocycles. The van der Waals surface area contributed by atoms with Gasteiger partial charge in [-0.2, -0.15) is 0 Å². The van der Waals surface area contributed by atoms with Crippen molar-refractivity contribution < 1.29 is 9.63 Å². The van der Waals surface area contributed by atoms with Crippen molar-refractivity contribution in [3.63, 3.8) is 0 Å². The maximum absolute atomic E-state index is 11.8. The summed E-state index contributed by atoms with van der Waals surface area (Å²) < 4.78 is 0. The van der Waals surface area contributed by atoms with Crippen LogP contribution in [0.3, 0.4) is 0 Å². The minimum Gasteiger partial charge on any atom is -0.273 e. The molecule has 0 saturated carbocycles. The van der Waals surface area contributed by atoms with Gasteiger partial charge in [0.1, 0.15) is 0 Å². The molecule has 18 heavy (non-hydrogen) atoms. The zero-order valence-corrected chi connectivity index (χ0v) is 11.3. The van der Waals surface area contributed by atoms with Gasteiger partial charge in [0.15, 0.2) is 0 Å². The molecule has 4 heteroatoms. The molecule has 2 rings (SSSR count). The van der Waals surface area contributed by atoms with Crippen LogP contribution in [-0.4, -0.2) is 29.9 Å². The summed E-state index contributed by atoms with van der Waals surface area (Å²) in [5.74, 6) is 1.10. The van der Waals surface area contributed by atoms with Crippen LogP contribution in [0.4, 0.5) is 0 Å². The van der Waals surface area contributed by atoms with E-state index in [2.05, 4.69) is 12.1 Å². The third kappa shape index (κ3) is 4.35. The first kappa shape index (κ1) is 13.4. The van der Waals surface area contributed by atoms with Crippen molar-refractivity contribution in [2.75, 3.05) is 18.9 Å². The topological polar surface area (TPSA) is 29.5 Å². The summed E-state index contributed by atoms with van der Waals surface area (Å²) in [6.45, 7) is 1.44. The second-order valence-electron chi connectivity index (χ2n) is 4.30. The van der Waals surface area contributed by atoms with Gasteiger partial charge in [-0.05, 0) is 37.1 Å². The summed E-state index contributed by atoms with van der Waals surface area (Å²) in [6, 6.07) is 10.3. The highest BCUT2D eigenvalue weighted by Gasteiger charge is 2.16. The Kier molecular flexibility index (Phi) is 5.55. The number of hydrogen-bond donors (Lipinski definition) is 0. The van der Waals surface area contributed by atoms with Gasteiger partial charge < -0.3 is 0 Å². The first-order valence-corrected chi connectivity index (χ1v) is 7.46. The van der Waals surface area contributed by atoms with Gasteiger partial charge in [-0.25, -0.2) is 5.06 Å². The molecule has 1 amide bonds. The van der Waals surface area contributed by atoms with E-state index in [0.717, 1.165) is 31.6 Å². The third-order valence-corrected chi connectivity index (χ3v) is 3.93. The quantitative estimate of drug-likeness (QED) is 0.605. The van der Waals surface area contributed by atoms with Crippen LogP contribution >= 0.6 is 11.8 Å². The van der Waals surface area contributed by atoms with Gasteiger partial charge in [0.05, 0.1) is 6.61 Å². The summed E-state index contributed by atoms with van der Waals surface area (Å²) in [5, 5.41) is 1.54. The van der Waals surface area contributed by atoms with Crippen molar-refractivity contribution in [2.45, 2.75) is 30.6 Å². The molecular weight excluding hydrogens is 246 g/mol. The fraction of sp³-hybridized carbons (Fsp3) is 0.500. The van der Waals surface area contributed by atoms with E-state index in [9.17, 15) is 4.79 Å². The standard InChI is InChI=1S/C14H19NO2S/c16-14(15-10-4-5-11-17-15)9-6-12-18-13-7-2-1-3-8-13/h1-3,7-8H,4-6,9-12H2. The fourth-order valence-corrected chi connectivity index (χ4v) is 2.72. The molecule has 1 fully saturated rings. The minimum atomic E-state index is 0.128. The molecule has 0 bridgehead atoms. The van der Waals surface area contributed by atoms with E-state index < -0.39 is 0 Å². The second-order valence-corrected chi connectivity index (χ2v) is 5.47. The van der Waals surface area contributed by atoms with Crippen LogP contribution in [0, 0.1) is 0 Å². The van der Waals surface area contributed by atoms with Crippen LogP contribution in [0.25, 0.3) is 0 Å². The zero-order chi connectivity index (χ0) is 12.6. The molecule has 1 saturated heterocycles. The predicted octanol–water partition coefficient (Wildman–Crippen LogP) is 3.11. The summed E-state index contributed by atoms with van der Waals surface area (Å²) in [7, 11) is 0. The molecule has 0 aromatic heterocycles. The van der Waals surface area contributed by atoms with E-state index in [4.69, 9.17) is 4.84 Å². The second kappa shape index (κ2) is 7.44. The Hall–Kier alpha value is -1.00. The number of carbonyl (C=O) groups excluding carboxylic acids is 1. The monoisotopic (exact) mass is 265 g/mol. The molecule has 0 unspecified atom stereocenters. The molecule has 1 aliphatic heterocycles. The van der Waals surface area contributed by atoms with Crippen LogP contribution in [0.5, 0.6) is 0 Å². The first-order valence-electron chi connectivity index (χ1n) is 6.47. The Balaban J connectivity index is 1.61. The fourth-order valence-electron chi connectivity index (χ4n) is 1.85. The third-order valence-electron chi connectivity index (χ3n) is 2.83. The molecule has 0 N–H and O–H groups in total. The van der Waals surface area contributed by atoms with Crippen LogP contribution in [0.15, 0.2) is 35.2 Å². The molecule has 1 aliphatic rings. The lowest BCUT2D eigenvalue weighted by Gasteiger charge is -2.25. The van der Waals surface area contributed by atoms with Crippen molar-refractivity contribution in [1.82, 2.24) is 5.06 Å². The number of rotatable bonds is 5. The van der Waals surface area contributed by atoms with Crippen LogP contribution in [0.2, 0.25) is 0 Å². The Morgan fingerprint density at radius 2 is 2.11 bits per heavy atom. The Morgan fingerprint density at radius 1 is 1.28 bits per heavy atom. The van der Waals surface area contributed by atoms with Crippen LogP contribution in [0.1, 0.15) is 25.7 Å². The van der Waals surface area contributed by atoms with Crippen molar-refractivity contribution in [2.24, 2.45) is 0 Å². The summed E-state index contributed by atoms with van der Waals surface area (Å²) in [4.78, 5) is 18.4. The minimum absolute atomic E-state index is 0.128. The summed E-state index contributed by atoms with van der Waals surface area (Å²) in [5.41, 5.74) is 0.